The molecule has 6 heteroatoms. The quantitative estimate of drug-likeness (QED) is 0.507. The first-order valence-electron chi connectivity index (χ1n) is 2.79. The number of halogens is 5. The third-order valence-electron chi connectivity index (χ3n) is 0.967. The average molecular weight is 194 g/mol. The van der Waals surface area contributed by atoms with Crippen LogP contribution in [0.3, 0.4) is 0 Å². The van der Waals surface area contributed by atoms with E-state index in [9.17, 15) is 22.0 Å². The Bertz CT molecular complexity index is 127. The van der Waals surface area contributed by atoms with Gasteiger partial charge in [-0.2, -0.15) is 34.6 Å². The molecule has 0 amide bonds. The van der Waals surface area contributed by atoms with E-state index in [2.05, 4.69) is 12.6 Å². The molecule has 0 spiro atoms. The highest BCUT2D eigenvalue weighted by Crippen LogP contribution is 2.39. The minimum atomic E-state index is -5.45. The van der Waals surface area contributed by atoms with E-state index in [-0.39, 0.29) is 0 Å². The third kappa shape index (κ3) is 3.27. The van der Waals surface area contributed by atoms with Gasteiger partial charge in [-0.25, -0.2) is 0 Å². The van der Waals surface area contributed by atoms with Crippen molar-refractivity contribution in [1.82, 2.24) is 0 Å². The molecule has 0 bridgehead atoms. The largest absolute Gasteiger partial charge is 0.453 e. The summed E-state index contributed by atoms with van der Waals surface area (Å²) in [6.45, 7) is 1.18. The molecule has 0 saturated heterocycles. The summed E-state index contributed by atoms with van der Waals surface area (Å²) < 4.78 is 58.2. The second kappa shape index (κ2) is 3.16. The summed E-state index contributed by atoms with van der Waals surface area (Å²) in [6.07, 6.45) is -6.73. The maximum Gasteiger partial charge on any atom is 0.453 e. The zero-order valence-corrected chi connectivity index (χ0v) is 6.52. The van der Waals surface area contributed by atoms with E-state index in [0.29, 0.717) is 0 Å². The van der Waals surface area contributed by atoms with E-state index >= 15 is 0 Å². The lowest BCUT2D eigenvalue weighted by Crippen LogP contribution is -2.38. The maximum atomic E-state index is 12.0. The average Bonchev–Trinajstić information content (AvgIpc) is 1.56. The molecule has 0 aromatic rings. The number of rotatable bonds is 2. The zero-order chi connectivity index (χ0) is 9.28. The third-order valence-corrected chi connectivity index (χ3v) is 1.15. The van der Waals surface area contributed by atoms with Gasteiger partial charge in [0.05, 0.1) is 0 Å². The Morgan fingerprint density at radius 1 is 1.18 bits per heavy atom. The van der Waals surface area contributed by atoms with Gasteiger partial charge in [0.15, 0.2) is 0 Å². The molecule has 0 aliphatic rings. The summed E-state index contributed by atoms with van der Waals surface area (Å²) in [7, 11) is 0. The Balaban J connectivity index is 4.22. The zero-order valence-electron chi connectivity index (χ0n) is 5.62. The first kappa shape index (κ1) is 11.0. The van der Waals surface area contributed by atoms with Crippen molar-refractivity contribution in [3.05, 3.63) is 0 Å². The topological polar surface area (TPSA) is 0 Å². The van der Waals surface area contributed by atoms with E-state index in [1.54, 1.807) is 0 Å². The fourth-order valence-electron chi connectivity index (χ4n) is 0.487. The van der Waals surface area contributed by atoms with Gasteiger partial charge in [0.2, 0.25) is 0 Å². The van der Waals surface area contributed by atoms with Gasteiger partial charge in [-0.3, -0.25) is 0 Å². The molecule has 11 heavy (non-hydrogen) atoms. The van der Waals surface area contributed by atoms with Crippen LogP contribution in [0.4, 0.5) is 22.0 Å². The van der Waals surface area contributed by atoms with Gasteiger partial charge < -0.3 is 0 Å². The molecule has 0 rings (SSSR count). The van der Waals surface area contributed by atoms with Crippen LogP contribution >= 0.6 is 12.6 Å². The van der Waals surface area contributed by atoms with E-state index in [0.717, 1.165) is 0 Å². The fraction of sp³-hybridized carbons (Fsp3) is 1.00. The van der Waals surface area contributed by atoms with Gasteiger partial charge in [-0.05, 0) is 0 Å². The number of alkyl halides is 5. The number of hydrogen-bond donors (Lipinski definition) is 1. The number of thiol groups is 1. The Morgan fingerprint density at radius 3 is 1.64 bits per heavy atom. The van der Waals surface area contributed by atoms with Crippen molar-refractivity contribution >= 4 is 12.6 Å². The normalized spacial score (nSPS) is 16.6. The maximum absolute atomic E-state index is 12.0. The van der Waals surface area contributed by atoms with Crippen LogP contribution in [0.15, 0.2) is 0 Å². The van der Waals surface area contributed by atoms with Crippen LogP contribution in [0.2, 0.25) is 0 Å². The van der Waals surface area contributed by atoms with Gasteiger partial charge in [-0.1, -0.05) is 6.92 Å². The van der Waals surface area contributed by atoms with E-state index < -0.39 is 23.8 Å². The molecule has 0 aliphatic heterocycles. The van der Waals surface area contributed by atoms with Crippen molar-refractivity contribution in [2.45, 2.75) is 30.7 Å². The predicted molar refractivity (Wildman–Crippen MR) is 34.1 cm³/mol. The highest BCUT2D eigenvalue weighted by molar-refractivity contribution is 7.80. The minimum absolute atomic E-state index is 0.966. The van der Waals surface area contributed by atoms with Gasteiger partial charge in [0, 0.05) is 11.7 Å². The standard InChI is InChI=1S/C5H7F5S/c1-3(11)2-4(6,7)5(8,9)10/h3,11H,2H2,1H3. The molecule has 68 valence electrons. The summed E-state index contributed by atoms with van der Waals surface area (Å²) in [5.41, 5.74) is 0. The molecule has 0 saturated carbocycles. The molecular formula is C5H7F5S. The molecular weight excluding hydrogens is 187 g/mol. The van der Waals surface area contributed by atoms with E-state index in [4.69, 9.17) is 0 Å². The van der Waals surface area contributed by atoms with Crippen molar-refractivity contribution in [3.8, 4) is 0 Å². The highest BCUT2D eigenvalue weighted by Gasteiger charge is 2.57. The van der Waals surface area contributed by atoms with Crippen molar-refractivity contribution in [2.24, 2.45) is 0 Å². The van der Waals surface area contributed by atoms with Gasteiger partial charge >= 0.3 is 12.1 Å². The monoisotopic (exact) mass is 194 g/mol. The Labute approximate surface area is 66.2 Å². The molecule has 1 unspecified atom stereocenters. The minimum Gasteiger partial charge on any atom is -0.196 e. The van der Waals surface area contributed by atoms with E-state index in [1.165, 1.54) is 6.92 Å². The van der Waals surface area contributed by atoms with E-state index in [1.807, 2.05) is 0 Å². The SMILES string of the molecule is CC(S)CC(F)(F)C(F)(F)F. The van der Waals surface area contributed by atoms with Crippen LogP contribution in [0.25, 0.3) is 0 Å². The molecule has 1 atom stereocenters. The first-order chi connectivity index (χ1) is 4.67. The first-order valence-corrected chi connectivity index (χ1v) is 3.31. The summed E-state index contributed by atoms with van der Waals surface area (Å²) in [5, 5.41) is -0.966. The predicted octanol–water partition coefficient (Wildman–Crippen LogP) is 2.89. The molecule has 0 aliphatic carbocycles. The van der Waals surface area contributed by atoms with Gasteiger partial charge in [0.25, 0.3) is 0 Å². The van der Waals surface area contributed by atoms with Crippen LogP contribution in [-0.2, 0) is 0 Å². The Kier molecular flexibility index (Phi) is 3.16. The van der Waals surface area contributed by atoms with Crippen molar-refractivity contribution in [2.75, 3.05) is 0 Å². The van der Waals surface area contributed by atoms with Crippen molar-refractivity contribution < 1.29 is 22.0 Å². The Hall–Kier alpha value is -0.0000000000000000555. The van der Waals surface area contributed by atoms with Gasteiger partial charge in [0.1, 0.15) is 0 Å². The van der Waals surface area contributed by atoms with Crippen molar-refractivity contribution in [3.63, 3.8) is 0 Å². The summed E-state index contributed by atoms with van der Waals surface area (Å²) in [5.74, 6) is -4.62. The molecule has 0 aromatic heterocycles. The van der Waals surface area contributed by atoms with Crippen LogP contribution < -0.4 is 0 Å². The lowest BCUT2D eigenvalue weighted by atomic mass is 10.2. The lowest BCUT2D eigenvalue weighted by Gasteiger charge is -2.20. The smallest absolute Gasteiger partial charge is 0.196 e. The number of hydrogen-bond acceptors (Lipinski definition) is 1. The van der Waals surface area contributed by atoms with Crippen LogP contribution in [0.5, 0.6) is 0 Å². The van der Waals surface area contributed by atoms with Crippen LogP contribution in [0.1, 0.15) is 13.3 Å². The second-order valence-electron chi connectivity index (χ2n) is 2.26. The van der Waals surface area contributed by atoms with Gasteiger partial charge in [-0.15, -0.1) is 0 Å². The summed E-state index contributed by atoms with van der Waals surface area (Å²) in [6, 6.07) is 0. The molecule has 0 nitrogen and oxygen atoms in total. The molecule has 0 aromatic carbocycles. The molecule has 0 N–H and O–H groups in total. The molecule has 0 radical (unpaired) electrons. The molecule has 0 heterocycles. The van der Waals surface area contributed by atoms with Crippen LogP contribution in [-0.4, -0.2) is 17.3 Å². The van der Waals surface area contributed by atoms with Crippen molar-refractivity contribution in [1.29, 1.82) is 0 Å². The van der Waals surface area contributed by atoms with Crippen LogP contribution in [0, 0.1) is 0 Å². The summed E-state index contributed by atoms with van der Waals surface area (Å²) >= 11 is 3.44. The lowest BCUT2D eigenvalue weighted by molar-refractivity contribution is -0.283. The Morgan fingerprint density at radius 2 is 1.55 bits per heavy atom. The fourth-order valence-corrected chi connectivity index (χ4v) is 0.716. The summed E-state index contributed by atoms with van der Waals surface area (Å²) in [4.78, 5) is 0. The second-order valence-corrected chi connectivity index (χ2v) is 3.14. The molecule has 0 fully saturated rings. The highest BCUT2D eigenvalue weighted by atomic mass is 32.1.